The molecule has 0 aliphatic rings. The molecule has 0 N–H and O–H groups in total. The van der Waals surface area contributed by atoms with E-state index < -0.39 is 0 Å². The van der Waals surface area contributed by atoms with Crippen molar-refractivity contribution in [1.82, 2.24) is 0 Å². The third-order valence-corrected chi connectivity index (χ3v) is 4.67. The zero-order valence-corrected chi connectivity index (χ0v) is 13.3. The zero-order valence-electron chi connectivity index (χ0n) is 11.8. The topological polar surface area (TPSA) is 0 Å². The monoisotopic (exact) mass is 314 g/mol. The molecule has 0 aliphatic carbocycles. The molecule has 0 aliphatic heterocycles. The fourth-order valence-corrected chi connectivity index (χ4v) is 3.17. The van der Waals surface area contributed by atoms with Crippen molar-refractivity contribution in [3.05, 3.63) is 82.4 Å². The van der Waals surface area contributed by atoms with Crippen molar-refractivity contribution in [2.24, 2.45) is 0 Å². The summed E-state index contributed by atoms with van der Waals surface area (Å²) in [5, 5.41) is 2.76. The van der Waals surface area contributed by atoms with Crippen LogP contribution in [0.25, 0.3) is 10.8 Å². The van der Waals surface area contributed by atoms with Gasteiger partial charge in [-0.3, -0.25) is 0 Å². The van der Waals surface area contributed by atoms with Gasteiger partial charge in [-0.1, -0.05) is 73.1 Å². The first kappa shape index (κ1) is 14.4. The normalized spacial score (nSPS) is 12.5. The Labute approximate surface area is 135 Å². The lowest BCUT2D eigenvalue weighted by atomic mass is 9.97. The summed E-state index contributed by atoms with van der Waals surface area (Å²) in [7, 11) is 0. The van der Waals surface area contributed by atoms with E-state index in [0.29, 0.717) is 0 Å². The van der Waals surface area contributed by atoms with E-state index in [2.05, 4.69) is 37.3 Å². The highest BCUT2D eigenvalue weighted by Gasteiger charge is 2.14. The Balaban J connectivity index is 2.08. The molecule has 0 spiro atoms. The number of rotatable bonds is 3. The van der Waals surface area contributed by atoms with Crippen LogP contribution in [-0.2, 0) is 6.42 Å². The fourth-order valence-electron chi connectivity index (χ4n) is 2.61. The van der Waals surface area contributed by atoms with E-state index in [1.807, 2.05) is 30.3 Å². The second-order valence-electron chi connectivity index (χ2n) is 5.14. The lowest BCUT2D eigenvalue weighted by Crippen LogP contribution is -1.95. The highest BCUT2D eigenvalue weighted by molar-refractivity contribution is 6.36. The molecule has 0 bridgehead atoms. The summed E-state index contributed by atoms with van der Waals surface area (Å²) in [6.07, 6.45) is 1.04. The number of aryl methyl sites for hydroxylation is 1. The zero-order chi connectivity index (χ0) is 14.8. The molecule has 0 heterocycles. The van der Waals surface area contributed by atoms with Crippen LogP contribution < -0.4 is 0 Å². The van der Waals surface area contributed by atoms with Crippen molar-refractivity contribution in [3.63, 3.8) is 0 Å². The molecule has 0 saturated heterocycles. The molecule has 0 aromatic heterocycles. The maximum absolute atomic E-state index is 6.72. The summed E-state index contributed by atoms with van der Waals surface area (Å²) in [5.74, 6) is 0. The largest absolute Gasteiger partial charge is 0.113 e. The van der Waals surface area contributed by atoms with Gasteiger partial charge in [-0.15, -0.1) is 11.6 Å². The van der Waals surface area contributed by atoms with Gasteiger partial charge >= 0.3 is 0 Å². The first-order valence-corrected chi connectivity index (χ1v) is 7.92. The number of benzene rings is 3. The van der Waals surface area contributed by atoms with E-state index in [1.54, 1.807) is 0 Å². The van der Waals surface area contributed by atoms with E-state index in [9.17, 15) is 0 Å². The maximum atomic E-state index is 6.72. The van der Waals surface area contributed by atoms with Gasteiger partial charge in [0.2, 0.25) is 0 Å². The summed E-state index contributed by atoms with van der Waals surface area (Å²) in [5.41, 5.74) is 3.53. The first-order chi connectivity index (χ1) is 10.2. The molecule has 106 valence electrons. The van der Waals surface area contributed by atoms with Crippen LogP contribution in [-0.4, -0.2) is 0 Å². The Kier molecular flexibility index (Phi) is 4.19. The Morgan fingerprint density at radius 3 is 2.19 bits per heavy atom. The minimum absolute atomic E-state index is 0.168. The number of halogens is 2. The van der Waals surface area contributed by atoms with E-state index in [4.69, 9.17) is 23.2 Å². The fraction of sp³-hybridized carbons (Fsp3) is 0.158. The van der Waals surface area contributed by atoms with Crippen molar-refractivity contribution in [2.75, 3.05) is 0 Å². The quantitative estimate of drug-likeness (QED) is 0.492. The van der Waals surface area contributed by atoms with Gasteiger partial charge in [-0.25, -0.2) is 0 Å². The number of hydrogen-bond donors (Lipinski definition) is 0. The number of fused-ring (bicyclic) bond motifs is 1. The number of hydrogen-bond acceptors (Lipinski definition) is 0. The predicted molar refractivity (Wildman–Crippen MR) is 92.5 cm³/mol. The average Bonchev–Trinajstić information content (AvgIpc) is 2.55. The highest BCUT2D eigenvalue weighted by Crippen LogP contribution is 2.36. The summed E-state index contributed by atoms with van der Waals surface area (Å²) in [6.45, 7) is 2.15. The molecular formula is C19H16Cl2. The third-order valence-electron chi connectivity index (χ3n) is 3.86. The minimum atomic E-state index is -0.168. The van der Waals surface area contributed by atoms with E-state index in [1.165, 1.54) is 5.56 Å². The molecule has 0 radical (unpaired) electrons. The Hall–Kier alpha value is -1.50. The third kappa shape index (κ3) is 2.79. The van der Waals surface area contributed by atoms with Gasteiger partial charge in [0.15, 0.2) is 0 Å². The van der Waals surface area contributed by atoms with Gasteiger partial charge in [0.05, 0.1) is 5.38 Å². The number of alkyl halides is 1. The van der Waals surface area contributed by atoms with Crippen LogP contribution in [0, 0.1) is 0 Å². The van der Waals surface area contributed by atoms with Crippen LogP contribution in [0.5, 0.6) is 0 Å². The molecule has 1 unspecified atom stereocenters. The van der Waals surface area contributed by atoms with Crippen LogP contribution in [0.1, 0.15) is 29.0 Å². The van der Waals surface area contributed by atoms with Crippen LogP contribution in [0.3, 0.4) is 0 Å². The Bertz CT molecular complexity index is 760. The van der Waals surface area contributed by atoms with Crippen LogP contribution in [0.2, 0.25) is 5.02 Å². The maximum Gasteiger partial charge on any atom is 0.0841 e. The lowest BCUT2D eigenvalue weighted by Gasteiger charge is -2.14. The van der Waals surface area contributed by atoms with Crippen molar-refractivity contribution in [1.29, 1.82) is 0 Å². The van der Waals surface area contributed by atoms with E-state index in [0.717, 1.165) is 33.3 Å². The highest BCUT2D eigenvalue weighted by atomic mass is 35.5. The molecule has 0 amide bonds. The molecule has 21 heavy (non-hydrogen) atoms. The van der Waals surface area contributed by atoms with Gasteiger partial charge in [-0.2, -0.15) is 0 Å². The van der Waals surface area contributed by atoms with Crippen LogP contribution in [0.15, 0.2) is 60.7 Å². The first-order valence-electron chi connectivity index (χ1n) is 7.10. The van der Waals surface area contributed by atoms with Gasteiger partial charge in [0.1, 0.15) is 0 Å². The predicted octanol–water partition coefficient (Wildman–Crippen LogP) is 6.38. The van der Waals surface area contributed by atoms with Gasteiger partial charge in [-0.05, 0) is 34.6 Å². The van der Waals surface area contributed by atoms with E-state index >= 15 is 0 Å². The smallest absolute Gasteiger partial charge is 0.0841 e. The molecule has 3 rings (SSSR count). The minimum Gasteiger partial charge on any atom is -0.113 e. The summed E-state index contributed by atoms with van der Waals surface area (Å²) < 4.78 is 0. The summed E-state index contributed by atoms with van der Waals surface area (Å²) in [4.78, 5) is 0. The average molecular weight is 315 g/mol. The second-order valence-corrected chi connectivity index (χ2v) is 5.98. The van der Waals surface area contributed by atoms with Crippen LogP contribution >= 0.6 is 23.2 Å². The molecule has 0 saturated carbocycles. The van der Waals surface area contributed by atoms with Crippen molar-refractivity contribution in [3.8, 4) is 0 Å². The van der Waals surface area contributed by atoms with Crippen molar-refractivity contribution < 1.29 is 0 Å². The summed E-state index contributed by atoms with van der Waals surface area (Å²) in [6, 6.07) is 20.6. The van der Waals surface area contributed by atoms with Gasteiger partial charge < -0.3 is 0 Å². The van der Waals surface area contributed by atoms with Gasteiger partial charge in [0.25, 0.3) is 0 Å². The van der Waals surface area contributed by atoms with Gasteiger partial charge in [0, 0.05) is 10.4 Å². The molecule has 0 nitrogen and oxygen atoms in total. The SMILES string of the molecule is CCc1ccc(C(Cl)c2ccc(Cl)c3ccccc23)cc1. The molecule has 2 heteroatoms. The van der Waals surface area contributed by atoms with Crippen molar-refractivity contribution in [2.45, 2.75) is 18.7 Å². The molecule has 0 fully saturated rings. The summed E-state index contributed by atoms with van der Waals surface area (Å²) >= 11 is 13.0. The molecule has 3 aromatic rings. The standard InChI is InChI=1S/C19H16Cl2/c1-2-13-7-9-14(10-8-13)19(21)17-11-12-18(20)16-6-4-3-5-15(16)17/h3-12,19H,2H2,1H3. The molecule has 3 aromatic carbocycles. The second kappa shape index (κ2) is 6.09. The van der Waals surface area contributed by atoms with Crippen molar-refractivity contribution >= 4 is 34.0 Å². The van der Waals surface area contributed by atoms with E-state index in [-0.39, 0.29) is 5.38 Å². The Morgan fingerprint density at radius 1 is 0.857 bits per heavy atom. The molecule has 1 atom stereocenters. The lowest BCUT2D eigenvalue weighted by molar-refractivity contribution is 1.11. The Morgan fingerprint density at radius 2 is 1.52 bits per heavy atom. The molecular weight excluding hydrogens is 299 g/mol. The van der Waals surface area contributed by atoms with Crippen LogP contribution in [0.4, 0.5) is 0 Å².